The van der Waals surface area contributed by atoms with Crippen molar-refractivity contribution in [3.8, 4) is 0 Å². The monoisotopic (exact) mass is 220 g/mol. The fourth-order valence-electron chi connectivity index (χ4n) is 1.03. The molecule has 84 valence electrons. The van der Waals surface area contributed by atoms with Gasteiger partial charge >= 0.3 is 8.80 Å². The first-order valence-corrected chi connectivity index (χ1v) is 6.25. The van der Waals surface area contributed by atoms with Gasteiger partial charge in [-0.1, -0.05) is 12.7 Å². The third-order valence-corrected chi connectivity index (χ3v) is 4.91. The summed E-state index contributed by atoms with van der Waals surface area (Å²) >= 11 is 0. The third kappa shape index (κ3) is 3.87. The van der Waals surface area contributed by atoms with E-state index < -0.39 is 14.5 Å². The van der Waals surface area contributed by atoms with Crippen LogP contribution in [0, 0.1) is 0 Å². The van der Waals surface area contributed by atoms with Gasteiger partial charge in [-0.05, 0) is 6.42 Å². The Morgan fingerprint density at radius 3 is 1.93 bits per heavy atom. The molecule has 0 heterocycles. The average Bonchev–Trinajstić information content (AvgIpc) is 2.21. The molecule has 0 rings (SSSR count). The van der Waals surface area contributed by atoms with Gasteiger partial charge in [0.2, 0.25) is 0 Å². The maximum Gasteiger partial charge on any atom is 0.500 e. The molecule has 0 amide bonds. The molecule has 14 heavy (non-hydrogen) atoms. The van der Waals surface area contributed by atoms with Crippen LogP contribution in [0.3, 0.4) is 0 Å². The average molecular weight is 220 g/mol. The molecule has 6 heteroatoms. The zero-order valence-corrected chi connectivity index (χ0v) is 10.1. The van der Waals surface area contributed by atoms with Gasteiger partial charge in [0.05, 0.1) is 5.66 Å². The molecule has 0 saturated heterocycles. The highest BCUT2D eigenvalue weighted by atomic mass is 28.4. The largest absolute Gasteiger partial charge is 0.500 e. The molecule has 0 atom stereocenters. The molecule has 0 aliphatic rings. The van der Waals surface area contributed by atoms with E-state index in [1.54, 1.807) is 21.3 Å². The number of nitrogens with two attached hydrogens (primary N) is 2. The molecule has 0 aromatic heterocycles. The Morgan fingerprint density at radius 2 is 1.64 bits per heavy atom. The Hall–Kier alpha value is -0.243. The summed E-state index contributed by atoms with van der Waals surface area (Å²) in [6, 6.07) is 0.565. The van der Waals surface area contributed by atoms with Crippen LogP contribution in [0.25, 0.3) is 0 Å². The van der Waals surface area contributed by atoms with Gasteiger partial charge in [0.15, 0.2) is 0 Å². The van der Waals surface area contributed by atoms with Crippen LogP contribution in [-0.4, -0.2) is 35.8 Å². The Morgan fingerprint density at radius 1 is 1.21 bits per heavy atom. The zero-order valence-electron chi connectivity index (χ0n) is 9.08. The quantitative estimate of drug-likeness (QED) is 0.360. The van der Waals surface area contributed by atoms with Crippen molar-refractivity contribution in [1.29, 1.82) is 0 Å². The first-order valence-electron chi connectivity index (χ1n) is 4.32. The van der Waals surface area contributed by atoms with E-state index in [0.29, 0.717) is 12.5 Å². The van der Waals surface area contributed by atoms with E-state index in [1.165, 1.54) is 6.08 Å². The van der Waals surface area contributed by atoms with Gasteiger partial charge in [-0.25, -0.2) is 0 Å². The molecule has 0 radical (unpaired) electrons. The minimum absolute atomic E-state index is 0.512. The first kappa shape index (κ1) is 13.8. The number of hydrogen-bond acceptors (Lipinski definition) is 5. The molecule has 0 aromatic rings. The predicted molar refractivity (Wildman–Crippen MR) is 57.5 cm³/mol. The Labute approximate surface area is 86.4 Å². The van der Waals surface area contributed by atoms with Crippen molar-refractivity contribution in [2.75, 3.05) is 21.3 Å². The minimum Gasteiger partial charge on any atom is -0.377 e. The molecule has 0 aliphatic carbocycles. The van der Waals surface area contributed by atoms with Gasteiger partial charge in [-0.2, -0.15) is 0 Å². The minimum atomic E-state index is -2.55. The highest BCUT2D eigenvalue weighted by Gasteiger charge is 2.39. The number of rotatable bonds is 7. The molecule has 0 aliphatic heterocycles. The van der Waals surface area contributed by atoms with E-state index in [2.05, 4.69) is 6.58 Å². The van der Waals surface area contributed by atoms with Gasteiger partial charge in [0, 0.05) is 27.4 Å². The van der Waals surface area contributed by atoms with Crippen molar-refractivity contribution in [2.24, 2.45) is 11.5 Å². The first-order chi connectivity index (χ1) is 6.45. The summed E-state index contributed by atoms with van der Waals surface area (Å²) in [7, 11) is 2.12. The summed E-state index contributed by atoms with van der Waals surface area (Å²) in [6.45, 7) is 3.55. The molecule has 0 aromatic carbocycles. The van der Waals surface area contributed by atoms with Crippen molar-refractivity contribution in [2.45, 2.75) is 18.1 Å². The summed E-state index contributed by atoms with van der Waals surface area (Å²) < 4.78 is 15.7. The van der Waals surface area contributed by atoms with Gasteiger partial charge in [0.1, 0.15) is 0 Å². The SMILES string of the molecule is C=CC(N)(N)CC[Si](OC)(OC)OC. The lowest BCUT2D eigenvalue weighted by molar-refractivity contribution is 0.121. The second-order valence-corrected chi connectivity index (χ2v) is 6.20. The smallest absolute Gasteiger partial charge is 0.377 e. The lowest BCUT2D eigenvalue weighted by Gasteiger charge is -2.28. The maximum absolute atomic E-state index is 5.70. The van der Waals surface area contributed by atoms with E-state index in [0.717, 1.165) is 0 Å². The lowest BCUT2D eigenvalue weighted by Crippen LogP contribution is -2.51. The van der Waals surface area contributed by atoms with Gasteiger partial charge in [-0.15, -0.1) is 0 Å². The van der Waals surface area contributed by atoms with Crippen LogP contribution >= 0.6 is 0 Å². The van der Waals surface area contributed by atoms with Crippen LogP contribution in [0.1, 0.15) is 6.42 Å². The standard InChI is InChI=1S/C8H20N2O3Si/c1-5-8(9,10)6-7-14(11-2,12-3)13-4/h5H,1,6-7,9-10H2,2-4H3. The predicted octanol–water partition coefficient (Wildman–Crippen LogP) is 0.0543. The Bertz CT molecular complexity index is 175. The van der Waals surface area contributed by atoms with Gasteiger partial charge in [0.25, 0.3) is 0 Å². The van der Waals surface area contributed by atoms with Gasteiger partial charge in [-0.3, -0.25) is 0 Å². The fourth-order valence-corrected chi connectivity index (χ4v) is 2.88. The van der Waals surface area contributed by atoms with Crippen LogP contribution < -0.4 is 11.5 Å². The molecular formula is C8H20N2O3Si. The summed E-state index contributed by atoms with van der Waals surface area (Å²) in [4.78, 5) is 0. The Kier molecular flexibility index (Phi) is 5.50. The molecule has 0 unspecified atom stereocenters. The van der Waals surface area contributed by atoms with Crippen molar-refractivity contribution in [1.82, 2.24) is 0 Å². The van der Waals surface area contributed by atoms with E-state index in [1.807, 2.05) is 0 Å². The highest BCUT2D eigenvalue weighted by Crippen LogP contribution is 2.18. The summed E-state index contributed by atoms with van der Waals surface area (Å²) in [5, 5.41) is 0. The van der Waals surface area contributed by atoms with E-state index >= 15 is 0 Å². The van der Waals surface area contributed by atoms with E-state index in [-0.39, 0.29) is 0 Å². The summed E-state index contributed by atoms with van der Waals surface area (Å²) in [5.41, 5.74) is 10.5. The molecule has 0 bridgehead atoms. The maximum atomic E-state index is 5.70. The van der Waals surface area contributed by atoms with Crippen LogP contribution in [0.15, 0.2) is 12.7 Å². The van der Waals surface area contributed by atoms with Gasteiger partial charge < -0.3 is 24.7 Å². The second kappa shape index (κ2) is 5.59. The fraction of sp³-hybridized carbons (Fsp3) is 0.750. The van der Waals surface area contributed by atoms with Crippen molar-refractivity contribution in [3.05, 3.63) is 12.7 Å². The van der Waals surface area contributed by atoms with Crippen LogP contribution in [-0.2, 0) is 13.3 Å². The third-order valence-electron chi connectivity index (χ3n) is 2.18. The van der Waals surface area contributed by atoms with E-state index in [4.69, 9.17) is 24.7 Å². The Balaban J connectivity index is 4.26. The van der Waals surface area contributed by atoms with Crippen LogP contribution in [0.5, 0.6) is 0 Å². The summed E-state index contributed by atoms with van der Waals surface area (Å²) in [5.74, 6) is 0. The molecular weight excluding hydrogens is 200 g/mol. The summed E-state index contributed by atoms with van der Waals surface area (Å²) in [6.07, 6.45) is 2.02. The normalized spacial score (nSPS) is 12.9. The van der Waals surface area contributed by atoms with Crippen LogP contribution in [0.4, 0.5) is 0 Å². The van der Waals surface area contributed by atoms with Crippen LogP contribution in [0.2, 0.25) is 6.04 Å². The second-order valence-electron chi connectivity index (χ2n) is 3.11. The van der Waals surface area contributed by atoms with Crippen molar-refractivity contribution in [3.63, 3.8) is 0 Å². The topological polar surface area (TPSA) is 79.7 Å². The molecule has 0 fully saturated rings. The van der Waals surface area contributed by atoms with Crippen molar-refractivity contribution < 1.29 is 13.3 Å². The zero-order chi connectivity index (χ0) is 11.2. The van der Waals surface area contributed by atoms with Crippen molar-refractivity contribution >= 4 is 8.80 Å². The molecule has 0 spiro atoms. The molecule has 0 saturated carbocycles. The highest BCUT2D eigenvalue weighted by molar-refractivity contribution is 6.60. The number of hydrogen-bond donors (Lipinski definition) is 2. The lowest BCUT2D eigenvalue weighted by atomic mass is 10.1. The molecule has 4 N–H and O–H groups in total. The molecule has 5 nitrogen and oxygen atoms in total. The van der Waals surface area contributed by atoms with E-state index in [9.17, 15) is 0 Å².